The third-order valence-electron chi connectivity index (χ3n) is 7.41. The summed E-state index contributed by atoms with van der Waals surface area (Å²) in [4.78, 5) is 17.3. The van der Waals surface area contributed by atoms with Crippen molar-refractivity contribution in [2.45, 2.75) is 38.1 Å². The minimum absolute atomic E-state index is 0.0570. The molecular weight excluding hydrogens is 520 g/mol. The Labute approximate surface area is 240 Å². The molecule has 1 aliphatic rings. The van der Waals surface area contributed by atoms with Gasteiger partial charge in [0.2, 0.25) is 0 Å². The number of fused-ring (bicyclic) bond motifs is 1. The second-order valence-corrected chi connectivity index (χ2v) is 10.1. The van der Waals surface area contributed by atoms with Crippen LogP contribution in [-0.4, -0.2) is 55.5 Å². The van der Waals surface area contributed by atoms with E-state index in [0.29, 0.717) is 39.4 Å². The lowest BCUT2D eigenvalue weighted by Gasteiger charge is -2.40. The molecule has 3 aromatic carbocycles. The zero-order chi connectivity index (χ0) is 28.4. The number of nitrogens with zero attached hydrogens (tertiary/aromatic N) is 2. The molecule has 0 spiro atoms. The lowest BCUT2D eigenvalue weighted by molar-refractivity contribution is -0.268. The van der Waals surface area contributed by atoms with Crippen LogP contribution in [0.4, 0.5) is 4.79 Å². The number of rotatable bonds is 12. The molecule has 4 aromatic rings. The average Bonchev–Trinajstić information content (AvgIpc) is 3.02. The number of ether oxygens (including phenoxy) is 4. The van der Waals surface area contributed by atoms with E-state index in [2.05, 4.69) is 4.98 Å². The summed E-state index contributed by atoms with van der Waals surface area (Å²) in [7, 11) is 1.66. The van der Waals surface area contributed by atoms with E-state index < -0.39 is 6.09 Å². The van der Waals surface area contributed by atoms with Gasteiger partial charge in [-0.25, -0.2) is 0 Å². The molecule has 41 heavy (non-hydrogen) atoms. The maximum Gasteiger partial charge on any atom is 0.137 e. The first kappa shape index (κ1) is 28.4. The standard InChI is InChI=1S/C33H36N2O6/c1-38-31-8-3-2-6-27(31)23-39-18-5-19-40-28-13-11-25(12-14-28)29-15-17-35(33(36)37)21-32(29)41-22-24-9-10-26-7-4-16-34-30(26)20-24/h2-4,6-14,16,20,29,32H,5,15,17-19,21-23H2,1H3,(H,36,37)/p-1. The fourth-order valence-corrected chi connectivity index (χ4v) is 5.20. The molecule has 0 radical (unpaired) electrons. The zero-order valence-electron chi connectivity index (χ0n) is 23.2. The number of methoxy groups -OCH3 is 1. The Hall–Kier alpha value is -4.14. The number of hydrogen-bond acceptors (Lipinski definition) is 7. The smallest absolute Gasteiger partial charge is 0.137 e. The maximum atomic E-state index is 11.6. The lowest BCUT2D eigenvalue weighted by Crippen LogP contribution is -2.51. The fourth-order valence-electron chi connectivity index (χ4n) is 5.20. The summed E-state index contributed by atoms with van der Waals surface area (Å²) in [6.07, 6.45) is 1.73. The van der Waals surface area contributed by atoms with Crippen LogP contribution in [-0.2, 0) is 22.7 Å². The number of para-hydroxylation sites is 1. The molecule has 1 amide bonds. The molecular formula is C33H35N2O6-. The first-order valence-electron chi connectivity index (χ1n) is 13.9. The molecule has 8 heteroatoms. The van der Waals surface area contributed by atoms with Gasteiger partial charge in [-0.3, -0.25) is 4.98 Å². The normalized spacial score (nSPS) is 17.0. The second kappa shape index (κ2) is 14.0. The number of carbonyl (C=O) groups is 1. The van der Waals surface area contributed by atoms with Gasteiger partial charge in [-0.05, 0) is 47.9 Å². The lowest BCUT2D eigenvalue weighted by atomic mass is 9.87. The molecule has 8 nitrogen and oxygen atoms in total. The van der Waals surface area contributed by atoms with Crippen molar-refractivity contribution in [3.8, 4) is 11.5 Å². The van der Waals surface area contributed by atoms with E-state index in [1.165, 1.54) is 4.90 Å². The van der Waals surface area contributed by atoms with Crippen molar-refractivity contribution in [3.05, 3.63) is 102 Å². The summed E-state index contributed by atoms with van der Waals surface area (Å²) < 4.78 is 23.4. The highest BCUT2D eigenvalue weighted by Gasteiger charge is 2.31. The monoisotopic (exact) mass is 555 g/mol. The third-order valence-corrected chi connectivity index (χ3v) is 7.41. The van der Waals surface area contributed by atoms with Gasteiger partial charge in [0.15, 0.2) is 0 Å². The quantitative estimate of drug-likeness (QED) is 0.229. The van der Waals surface area contributed by atoms with E-state index in [1.54, 1.807) is 13.3 Å². The van der Waals surface area contributed by atoms with Crippen LogP contribution in [0, 0.1) is 0 Å². The minimum atomic E-state index is -1.16. The van der Waals surface area contributed by atoms with Crippen LogP contribution in [0.5, 0.6) is 11.5 Å². The summed E-state index contributed by atoms with van der Waals surface area (Å²) in [5.74, 6) is 1.67. The highest BCUT2D eigenvalue weighted by molar-refractivity contribution is 5.78. The number of likely N-dealkylation sites (tertiary alicyclic amines) is 1. The molecule has 0 aliphatic carbocycles. The number of amides is 1. The number of piperidine rings is 1. The highest BCUT2D eigenvalue weighted by atomic mass is 16.5. The summed E-state index contributed by atoms with van der Waals surface area (Å²) >= 11 is 0. The van der Waals surface area contributed by atoms with E-state index in [1.807, 2.05) is 78.9 Å². The molecule has 5 rings (SSSR count). The summed E-state index contributed by atoms with van der Waals surface area (Å²) in [5.41, 5.74) is 4.02. The molecule has 1 fully saturated rings. The number of hydrogen-bond donors (Lipinski definition) is 0. The van der Waals surface area contributed by atoms with Gasteiger partial charge in [0.05, 0.1) is 45.2 Å². The maximum absolute atomic E-state index is 11.6. The average molecular weight is 556 g/mol. The first-order chi connectivity index (χ1) is 20.1. The number of pyridine rings is 1. The highest BCUT2D eigenvalue weighted by Crippen LogP contribution is 2.32. The van der Waals surface area contributed by atoms with E-state index >= 15 is 0 Å². The Kier molecular flexibility index (Phi) is 9.67. The Morgan fingerprint density at radius 3 is 2.68 bits per heavy atom. The van der Waals surface area contributed by atoms with Crippen LogP contribution >= 0.6 is 0 Å². The molecule has 2 atom stereocenters. The molecule has 1 saturated heterocycles. The van der Waals surface area contributed by atoms with E-state index in [0.717, 1.165) is 45.5 Å². The molecule has 1 aliphatic heterocycles. The second-order valence-electron chi connectivity index (χ2n) is 10.1. The van der Waals surface area contributed by atoms with Crippen LogP contribution < -0.4 is 14.6 Å². The Balaban J connectivity index is 1.13. The van der Waals surface area contributed by atoms with Gasteiger partial charge in [0, 0.05) is 42.6 Å². The summed E-state index contributed by atoms with van der Waals surface area (Å²) in [6, 6.07) is 25.8. The van der Waals surface area contributed by atoms with Crippen molar-refractivity contribution in [2.24, 2.45) is 0 Å². The number of carboxylic acid groups (broad SMARTS) is 1. The van der Waals surface area contributed by atoms with Crippen LogP contribution in [0.2, 0.25) is 0 Å². The Morgan fingerprint density at radius 1 is 1.00 bits per heavy atom. The van der Waals surface area contributed by atoms with Crippen molar-refractivity contribution in [1.82, 2.24) is 9.88 Å². The summed E-state index contributed by atoms with van der Waals surface area (Å²) in [5, 5.41) is 12.7. The van der Waals surface area contributed by atoms with Gasteiger partial charge in [0.25, 0.3) is 0 Å². The molecule has 0 bridgehead atoms. The van der Waals surface area contributed by atoms with E-state index in [4.69, 9.17) is 18.9 Å². The molecule has 1 aromatic heterocycles. The van der Waals surface area contributed by atoms with Crippen molar-refractivity contribution in [2.75, 3.05) is 33.4 Å². The minimum Gasteiger partial charge on any atom is -0.530 e. The molecule has 2 heterocycles. The molecule has 2 unspecified atom stereocenters. The SMILES string of the molecule is COc1ccccc1COCCCOc1ccc(C2CCN(C(=O)[O-])CC2OCc2ccc3cccnc3c2)cc1. The third kappa shape index (κ3) is 7.54. The van der Waals surface area contributed by atoms with Crippen LogP contribution in [0.15, 0.2) is 85.1 Å². The topological polar surface area (TPSA) is 93.2 Å². The van der Waals surface area contributed by atoms with E-state index in [9.17, 15) is 9.90 Å². The van der Waals surface area contributed by atoms with Gasteiger partial charge < -0.3 is 33.7 Å². The number of aromatic nitrogens is 1. The Bertz CT molecular complexity index is 1430. The van der Waals surface area contributed by atoms with Crippen LogP contribution in [0.25, 0.3) is 10.9 Å². The van der Waals surface area contributed by atoms with Crippen molar-refractivity contribution in [1.29, 1.82) is 0 Å². The van der Waals surface area contributed by atoms with Gasteiger partial charge in [0.1, 0.15) is 17.6 Å². The predicted molar refractivity (Wildman–Crippen MR) is 154 cm³/mol. The van der Waals surface area contributed by atoms with Gasteiger partial charge in [-0.2, -0.15) is 0 Å². The largest absolute Gasteiger partial charge is 0.530 e. The fraction of sp³-hybridized carbons (Fsp3) is 0.333. The van der Waals surface area contributed by atoms with Gasteiger partial charge in [-0.15, -0.1) is 0 Å². The van der Waals surface area contributed by atoms with Gasteiger partial charge in [-0.1, -0.05) is 48.5 Å². The Morgan fingerprint density at radius 2 is 1.85 bits per heavy atom. The molecule has 0 N–H and O–H groups in total. The molecule has 0 saturated carbocycles. The van der Waals surface area contributed by atoms with Crippen LogP contribution in [0.1, 0.15) is 35.4 Å². The predicted octanol–water partition coefficient (Wildman–Crippen LogP) is 4.95. The molecule has 214 valence electrons. The van der Waals surface area contributed by atoms with Crippen LogP contribution in [0.3, 0.4) is 0 Å². The number of benzene rings is 3. The van der Waals surface area contributed by atoms with Crippen molar-refractivity contribution in [3.63, 3.8) is 0 Å². The van der Waals surface area contributed by atoms with Gasteiger partial charge >= 0.3 is 0 Å². The van der Waals surface area contributed by atoms with Crippen molar-refractivity contribution < 1.29 is 28.8 Å². The van der Waals surface area contributed by atoms with Crippen molar-refractivity contribution >= 4 is 17.0 Å². The summed E-state index contributed by atoms with van der Waals surface area (Å²) in [6.45, 7) is 2.68. The zero-order valence-corrected chi connectivity index (χ0v) is 23.2. The van der Waals surface area contributed by atoms with E-state index in [-0.39, 0.29) is 18.6 Å². The number of carbonyl (C=O) groups excluding carboxylic acids is 1. The first-order valence-corrected chi connectivity index (χ1v) is 13.9.